The first-order valence-electron chi connectivity index (χ1n) is 6.97. The number of unbranched alkanes of at least 4 members (excludes halogenated alkanes) is 1. The number of nitrogens with zero attached hydrogens (tertiary/aromatic N) is 2. The third-order valence-corrected chi connectivity index (χ3v) is 3.61. The van der Waals surface area contributed by atoms with Crippen molar-refractivity contribution < 1.29 is 9.53 Å². The van der Waals surface area contributed by atoms with Gasteiger partial charge in [-0.25, -0.2) is 0 Å². The van der Waals surface area contributed by atoms with E-state index in [0.717, 1.165) is 25.8 Å². The summed E-state index contributed by atoms with van der Waals surface area (Å²) in [5, 5.41) is 7.58. The van der Waals surface area contributed by atoms with Crippen molar-refractivity contribution in [3.05, 3.63) is 18.5 Å². The molecule has 1 aromatic heterocycles. The van der Waals surface area contributed by atoms with Gasteiger partial charge >= 0.3 is 5.97 Å². The highest BCUT2D eigenvalue weighted by Gasteiger charge is 2.38. The summed E-state index contributed by atoms with van der Waals surface area (Å²) < 4.78 is 6.85. The monoisotopic (exact) mass is 265 g/mol. The lowest BCUT2D eigenvalue weighted by atomic mass is 9.94. The number of aromatic nitrogens is 2. The van der Waals surface area contributed by atoms with Gasteiger partial charge in [-0.2, -0.15) is 5.10 Å². The van der Waals surface area contributed by atoms with Gasteiger partial charge in [-0.3, -0.25) is 14.8 Å². The molecule has 5 heteroatoms. The second kappa shape index (κ2) is 6.19. The molecule has 1 N–H and O–H groups in total. The largest absolute Gasteiger partial charge is 0.468 e. The molecule has 19 heavy (non-hydrogen) atoms. The molecule has 0 bridgehead atoms. The molecule has 5 nitrogen and oxygen atoms in total. The molecule has 0 aliphatic heterocycles. The van der Waals surface area contributed by atoms with Gasteiger partial charge in [0.25, 0.3) is 0 Å². The molecular weight excluding hydrogens is 242 g/mol. The molecule has 1 aliphatic rings. The van der Waals surface area contributed by atoms with Gasteiger partial charge in [-0.05, 0) is 45.1 Å². The number of ether oxygens (including phenoxy) is 1. The Morgan fingerprint density at radius 2 is 2.32 bits per heavy atom. The summed E-state index contributed by atoms with van der Waals surface area (Å²) in [6.07, 6.45) is 8.87. The Morgan fingerprint density at radius 1 is 1.53 bits per heavy atom. The molecule has 106 valence electrons. The molecule has 0 saturated heterocycles. The maximum absolute atomic E-state index is 11.9. The Morgan fingerprint density at radius 3 is 2.89 bits per heavy atom. The van der Waals surface area contributed by atoms with Crippen LogP contribution in [-0.4, -0.2) is 34.4 Å². The highest BCUT2D eigenvalue weighted by molar-refractivity contribution is 5.80. The van der Waals surface area contributed by atoms with Gasteiger partial charge in [0.1, 0.15) is 5.54 Å². The first kappa shape index (κ1) is 14.1. The topological polar surface area (TPSA) is 56.2 Å². The number of methoxy groups -OCH3 is 1. The number of hydrogen-bond acceptors (Lipinski definition) is 4. The zero-order valence-corrected chi connectivity index (χ0v) is 11.8. The molecule has 0 amide bonds. The van der Waals surface area contributed by atoms with Crippen LogP contribution in [0.4, 0.5) is 0 Å². The average molecular weight is 265 g/mol. The predicted octanol–water partition coefficient (Wildman–Crippen LogP) is 1.74. The fraction of sp³-hybridized carbons (Fsp3) is 0.714. The van der Waals surface area contributed by atoms with Gasteiger partial charge in [0.15, 0.2) is 0 Å². The third kappa shape index (κ3) is 4.06. The molecule has 1 unspecified atom stereocenters. The lowest BCUT2D eigenvalue weighted by Crippen LogP contribution is -2.51. The molecule has 2 rings (SSSR count). The van der Waals surface area contributed by atoms with E-state index >= 15 is 0 Å². The minimum absolute atomic E-state index is 0.154. The number of aryl methyl sites for hydroxylation is 1. The van der Waals surface area contributed by atoms with E-state index in [9.17, 15) is 4.79 Å². The summed E-state index contributed by atoms with van der Waals surface area (Å²) in [5.41, 5.74) is -0.542. The second-order valence-electron chi connectivity index (χ2n) is 5.47. The van der Waals surface area contributed by atoms with Gasteiger partial charge in [0.2, 0.25) is 0 Å². The van der Waals surface area contributed by atoms with Crippen LogP contribution in [0.3, 0.4) is 0 Å². The van der Waals surface area contributed by atoms with E-state index < -0.39 is 5.54 Å². The van der Waals surface area contributed by atoms with Crippen LogP contribution in [0.1, 0.15) is 39.0 Å². The first-order valence-corrected chi connectivity index (χ1v) is 6.97. The molecule has 0 spiro atoms. The quantitative estimate of drug-likeness (QED) is 0.574. The maximum atomic E-state index is 11.9. The van der Waals surface area contributed by atoms with Gasteiger partial charge in [0.05, 0.1) is 7.11 Å². The van der Waals surface area contributed by atoms with E-state index in [1.807, 2.05) is 23.9 Å². The number of carbonyl (C=O) groups is 1. The summed E-state index contributed by atoms with van der Waals surface area (Å²) in [6.45, 7) is 2.85. The van der Waals surface area contributed by atoms with Gasteiger partial charge in [0, 0.05) is 25.0 Å². The van der Waals surface area contributed by atoms with Crippen molar-refractivity contribution in [1.82, 2.24) is 15.1 Å². The summed E-state index contributed by atoms with van der Waals surface area (Å²) in [6, 6.07) is 2.42. The number of rotatable bonds is 8. The van der Waals surface area contributed by atoms with Crippen molar-refractivity contribution in [2.24, 2.45) is 0 Å². The van der Waals surface area contributed by atoms with Gasteiger partial charge < -0.3 is 4.74 Å². The SMILES string of the molecule is COC(=O)C(C)(CCCCn1cccn1)NC1CC1. The van der Waals surface area contributed by atoms with Gasteiger partial charge in [-0.15, -0.1) is 0 Å². The number of nitrogens with one attached hydrogen (secondary N) is 1. The smallest absolute Gasteiger partial charge is 0.325 e. The van der Waals surface area contributed by atoms with Crippen LogP contribution >= 0.6 is 0 Å². The van der Waals surface area contributed by atoms with Crippen LogP contribution in [0.2, 0.25) is 0 Å². The predicted molar refractivity (Wildman–Crippen MR) is 72.7 cm³/mol. The molecule has 0 aromatic carbocycles. The maximum Gasteiger partial charge on any atom is 0.325 e. The Bertz CT molecular complexity index is 401. The standard InChI is InChI=1S/C14H23N3O2/c1-14(13(18)19-2,16-12-6-7-12)8-3-4-10-17-11-5-9-15-17/h5,9,11-12,16H,3-4,6-8,10H2,1-2H3. The highest BCUT2D eigenvalue weighted by Crippen LogP contribution is 2.26. The van der Waals surface area contributed by atoms with E-state index in [2.05, 4.69) is 10.4 Å². The molecule has 1 atom stereocenters. The van der Waals surface area contributed by atoms with Crippen molar-refractivity contribution in [1.29, 1.82) is 0 Å². The summed E-state index contributed by atoms with van der Waals surface area (Å²) in [5.74, 6) is -0.154. The molecular formula is C14H23N3O2. The summed E-state index contributed by atoms with van der Waals surface area (Å²) in [4.78, 5) is 11.9. The van der Waals surface area contributed by atoms with Crippen LogP contribution in [0.25, 0.3) is 0 Å². The summed E-state index contributed by atoms with van der Waals surface area (Å²) >= 11 is 0. The Kier molecular flexibility index (Phi) is 4.58. The lowest BCUT2D eigenvalue weighted by Gasteiger charge is -2.28. The van der Waals surface area contributed by atoms with Crippen LogP contribution < -0.4 is 5.32 Å². The fourth-order valence-electron chi connectivity index (χ4n) is 2.32. The van der Waals surface area contributed by atoms with E-state index in [1.165, 1.54) is 20.0 Å². The third-order valence-electron chi connectivity index (χ3n) is 3.61. The van der Waals surface area contributed by atoms with E-state index in [4.69, 9.17) is 4.74 Å². The van der Waals surface area contributed by atoms with Crippen LogP contribution in [-0.2, 0) is 16.1 Å². The molecule has 1 heterocycles. The fourth-order valence-corrected chi connectivity index (χ4v) is 2.32. The minimum atomic E-state index is -0.542. The van der Waals surface area contributed by atoms with Gasteiger partial charge in [-0.1, -0.05) is 0 Å². The molecule has 1 fully saturated rings. The van der Waals surface area contributed by atoms with Crippen molar-refractivity contribution >= 4 is 5.97 Å². The van der Waals surface area contributed by atoms with Crippen LogP contribution in [0.5, 0.6) is 0 Å². The Balaban J connectivity index is 1.77. The minimum Gasteiger partial charge on any atom is -0.468 e. The average Bonchev–Trinajstić information content (AvgIpc) is 3.06. The Labute approximate surface area is 114 Å². The molecule has 1 aliphatic carbocycles. The normalized spacial score (nSPS) is 18.0. The zero-order chi connectivity index (χ0) is 13.7. The Hall–Kier alpha value is -1.36. The van der Waals surface area contributed by atoms with Crippen LogP contribution in [0, 0.1) is 0 Å². The highest BCUT2D eigenvalue weighted by atomic mass is 16.5. The van der Waals surface area contributed by atoms with Crippen molar-refractivity contribution in [3.63, 3.8) is 0 Å². The van der Waals surface area contributed by atoms with Crippen LogP contribution in [0.15, 0.2) is 18.5 Å². The lowest BCUT2D eigenvalue weighted by molar-refractivity contribution is -0.148. The first-order chi connectivity index (χ1) is 9.14. The number of hydrogen-bond donors (Lipinski definition) is 1. The number of carbonyl (C=O) groups excluding carboxylic acids is 1. The van der Waals surface area contributed by atoms with Crippen molar-refractivity contribution in [3.8, 4) is 0 Å². The molecule has 1 saturated carbocycles. The summed E-state index contributed by atoms with van der Waals surface area (Å²) in [7, 11) is 1.46. The van der Waals surface area contributed by atoms with E-state index in [1.54, 1.807) is 6.20 Å². The zero-order valence-electron chi connectivity index (χ0n) is 11.8. The van der Waals surface area contributed by atoms with E-state index in [0.29, 0.717) is 6.04 Å². The number of esters is 1. The van der Waals surface area contributed by atoms with Crippen molar-refractivity contribution in [2.75, 3.05) is 7.11 Å². The second-order valence-corrected chi connectivity index (χ2v) is 5.47. The van der Waals surface area contributed by atoms with E-state index in [-0.39, 0.29) is 5.97 Å². The molecule has 1 aromatic rings. The van der Waals surface area contributed by atoms with Crippen molar-refractivity contribution in [2.45, 2.75) is 57.2 Å². The molecule has 0 radical (unpaired) electrons.